The molecule has 0 saturated heterocycles. The van der Waals surface area contributed by atoms with Crippen LogP contribution in [0.25, 0.3) is 0 Å². The molecule has 9 heteroatoms. The largest absolute Gasteiger partial charge is 0.472 e. The lowest BCUT2D eigenvalue weighted by Crippen LogP contribution is -2.43. The third-order valence-corrected chi connectivity index (χ3v) is 3.73. The molecule has 0 spiro atoms. The molecule has 1 heterocycles. The lowest BCUT2D eigenvalue weighted by molar-refractivity contribution is -0.184. The molecule has 1 aromatic rings. The zero-order valence-electron chi connectivity index (χ0n) is 16.1. The highest BCUT2D eigenvalue weighted by Crippen LogP contribution is 2.25. The molecule has 1 atom stereocenters. The number of allylic oxidation sites excluding steroid dienone is 3. The fourth-order valence-corrected chi connectivity index (χ4v) is 2.60. The zero-order valence-corrected chi connectivity index (χ0v) is 16.1. The molecule has 0 bridgehead atoms. The van der Waals surface area contributed by atoms with E-state index in [4.69, 9.17) is 10.1 Å². The maximum atomic E-state index is 12.5. The maximum Gasteiger partial charge on any atom is 0.471 e. The van der Waals surface area contributed by atoms with Crippen molar-refractivity contribution in [2.24, 2.45) is 7.05 Å². The maximum absolute atomic E-state index is 12.5. The van der Waals surface area contributed by atoms with Gasteiger partial charge in [0.2, 0.25) is 5.88 Å². The van der Waals surface area contributed by atoms with E-state index in [-0.39, 0.29) is 18.1 Å². The lowest BCUT2D eigenvalue weighted by atomic mass is 10.1. The molecule has 1 aromatic heterocycles. The van der Waals surface area contributed by atoms with Crippen LogP contribution in [0.1, 0.15) is 31.5 Å². The molecule has 0 saturated carbocycles. The van der Waals surface area contributed by atoms with E-state index in [0.717, 1.165) is 12.6 Å². The molecule has 0 aliphatic carbocycles. The summed E-state index contributed by atoms with van der Waals surface area (Å²) in [4.78, 5) is 11.8. The number of aryl methyl sites for hydroxylation is 2. The Morgan fingerprint density at radius 3 is 2.59 bits per heavy atom. The lowest BCUT2D eigenvalue weighted by Gasteiger charge is -2.23. The fourth-order valence-electron chi connectivity index (χ4n) is 2.60. The molecule has 0 radical (unpaired) electrons. The standard InChI is InChI=1S/C18H25F3N4O2/c1-7-8-11(2)9-14(22)15-13(4)23-25(6)16(15)27-12(3)10-24(5)17(26)18(19,20)21/h7,9,12,22H,1,8,10H2,2-6H3/b11-9+,22-14?. The first-order chi connectivity index (χ1) is 12.4. The smallest absolute Gasteiger partial charge is 0.471 e. The molecule has 150 valence electrons. The third kappa shape index (κ3) is 5.97. The molecule has 0 fully saturated rings. The number of hydrogen-bond donors (Lipinski definition) is 1. The predicted molar refractivity (Wildman–Crippen MR) is 97.1 cm³/mol. The number of likely N-dealkylation sites (N-methyl/N-ethyl adjacent to an activating group) is 1. The van der Waals surface area contributed by atoms with E-state index in [1.165, 1.54) is 4.68 Å². The van der Waals surface area contributed by atoms with Crippen LogP contribution in [0.4, 0.5) is 13.2 Å². The summed E-state index contributed by atoms with van der Waals surface area (Å²) < 4.78 is 44.7. The molecule has 27 heavy (non-hydrogen) atoms. The van der Waals surface area contributed by atoms with E-state index in [2.05, 4.69) is 11.7 Å². The van der Waals surface area contributed by atoms with Gasteiger partial charge in [0.25, 0.3) is 0 Å². The number of nitrogens with zero attached hydrogens (tertiary/aromatic N) is 3. The minimum atomic E-state index is -4.93. The van der Waals surface area contributed by atoms with Gasteiger partial charge in [0, 0.05) is 14.1 Å². The average molecular weight is 386 g/mol. The van der Waals surface area contributed by atoms with Gasteiger partial charge in [-0.1, -0.05) is 11.6 Å². The van der Waals surface area contributed by atoms with E-state index in [0.29, 0.717) is 22.6 Å². The third-order valence-electron chi connectivity index (χ3n) is 3.73. The summed E-state index contributed by atoms with van der Waals surface area (Å²) >= 11 is 0. The fraction of sp³-hybridized carbons (Fsp3) is 0.500. The normalized spacial score (nSPS) is 13.3. The van der Waals surface area contributed by atoms with Gasteiger partial charge in [0.05, 0.1) is 23.5 Å². The first kappa shape index (κ1) is 22.5. The molecule has 1 unspecified atom stereocenters. The number of carbonyl (C=O) groups excluding carboxylic acids is 1. The Morgan fingerprint density at radius 2 is 2.07 bits per heavy atom. The van der Waals surface area contributed by atoms with Crippen molar-refractivity contribution in [1.29, 1.82) is 5.41 Å². The first-order valence-electron chi connectivity index (χ1n) is 8.28. The van der Waals surface area contributed by atoms with Crippen LogP contribution in [0, 0.1) is 12.3 Å². The first-order valence-corrected chi connectivity index (χ1v) is 8.28. The van der Waals surface area contributed by atoms with E-state index < -0.39 is 18.2 Å². The summed E-state index contributed by atoms with van der Waals surface area (Å²) in [5.74, 6) is -1.67. The quantitative estimate of drug-likeness (QED) is 0.550. The van der Waals surface area contributed by atoms with Gasteiger partial charge in [-0.25, -0.2) is 4.68 Å². The second-order valence-corrected chi connectivity index (χ2v) is 6.40. The highest BCUT2D eigenvalue weighted by atomic mass is 19.4. The Labute approximate surface area is 156 Å². The number of halogens is 3. The Hall–Kier alpha value is -2.58. The van der Waals surface area contributed by atoms with Crippen molar-refractivity contribution in [2.45, 2.75) is 39.5 Å². The van der Waals surface area contributed by atoms with Crippen molar-refractivity contribution in [3.63, 3.8) is 0 Å². The molecule has 1 rings (SSSR count). The number of rotatable bonds is 8. The number of ether oxygens (including phenoxy) is 1. The van der Waals surface area contributed by atoms with Gasteiger partial charge in [0.15, 0.2) is 0 Å². The Bertz CT molecular complexity index is 751. The minimum Gasteiger partial charge on any atom is -0.472 e. The van der Waals surface area contributed by atoms with Crippen LogP contribution in [-0.2, 0) is 11.8 Å². The van der Waals surface area contributed by atoms with Crippen LogP contribution in [0.3, 0.4) is 0 Å². The molecular weight excluding hydrogens is 361 g/mol. The van der Waals surface area contributed by atoms with Crippen molar-refractivity contribution in [3.05, 3.63) is 35.6 Å². The Balaban J connectivity index is 3.01. The minimum absolute atomic E-state index is 0.182. The van der Waals surface area contributed by atoms with Crippen molar-refractivity contribution in [2.75, 3.05) is 13.6 Å². The SMILES string of the molecule is C=CC/C(C)=C/C(=N)c1c(C)nn(C)c1OC(C)CN(C)C(=O)C(F)(F)F. The van der Waals surface area contributed by atoms with E-state index >= 15 is 0 Å². The van der Waals surface area contributed by atoms with Crippen molar-refractivity contribution in [3.8, 4) is 5.88 Å². The average Bonchev–Trinajstić information content (AvgIpc) is 2.79. The number of hydrogen-bond acceptors (Lipinski definition) is 4. The van der Waals surface area contributed by atoms with Crippen LogP contribution < -0.4 is 4.74 Å². The van der Waals surface area contributed by atoms with Crippen LogP contribution in [0.5, 0.6) is 5.88 Å². The summed E-state index contributed by atoms with van der Waals surface area (Å²) in [5, 5.41) is 12.5. The summed E-state index contributed by atoms with van der Waals surface area (Å²) in [6, 6.07) is 0. The van der Waals surface area contributed by atoms with Gasteiger partial charge < -0.3 is 15.0 Å². The molecular formula is C18H25F3N4O2. The second kappa shape index (κ2) is 8.88. The van der Waals surface area contributed by atoms with Gasteiger partial charge in [-0.3, -0.25) is 4.79 Å². The van der Waals surface area contributed by atoms with Crippen LogP contribution in [0.15, 0.2) is 24.3 Å². The van der Waals surface area contributed by atoms with Crippen LogP contribution >= 0.6 is 0 Å². The van der Waals surface area contributed by atoms with Crippen molar-refractivity contribution >= 4 is 11.6 Å². The molecule has 0 aromatic carbocycles. The highest BCUT2D eigenvalue weighted by Gasteiger charge is 2.41. The van der Waals surface area contributed by atoms with Gasteiger partial charge in [0.1, 0.15) is 6.10 Å². The van der Waals surface area contributed by atoms with E-state index in [9.17, 15) is 18.0 Å². The number of alkyl halides is 3. The predicted octanol–water partition coefficient (Wildman–Crippen LogP) is 3.41. The van der Waals surface area contributed by atoms with Crippen LogP contribution in [-0.4, -0.2) is 52.2 Å². The molecule has 6 nitrogen and oxygen atoms in total. The summed E-state index contributed by atoms with van der Waals surface area (Å²) in [7, 11) is 2.69. The second-order valence-electron chi connectivity index (χ2n) is 6.40. The monoisotopic (exact) mass is 386 g/mol. The number of carbonyl (C=O) groups is 1. The van der Waals surface area contributed by atoms with Gasteiger partial charge in [-0.05, 0) is 33.3 Å². The number of aromatic nitrogens is 2. The Kier molecular flexibility index (Phi) is 7.38. The topological polar surface area (TPSA) is 71.2 Å². The molecule has 0 aliphatic heterocycles. The van der Waals surface area contributed by atoms with Crippen LogP contribution in [0.2, 0.25) is 0 Å². The van der Waals surface area contributed by atoms with Crippen molar-refractivity contribution in [1.82, 2.24) is 14.7 Å². The Morgan fingerprint density at radius 1 is 1.48 bits per heavy atom. The molecule has 0 aliphatic rings. The highest BCUT2D eigenvalue weighted by molar-refractivity contribution is 6.09. The summed E-state index contributed by atoms with van der Waals surface area (Å²) in [6.45, 7) is 8.52. The molecule has 1 amide bonds. The number of amides is 1. The summed E-state index contributed by atoms with van der Waals surface area (Å²) in [6.07, 6.45) is -1.65. The van der Waals surface area contributed by atoms with Gasteiger partial charge >= 0.3 is 12.1 Å². The van der Waals surface area contributed by atoms with E-state index in [1.54, 1.807) is 33.0 Å². The van der Waals surface area contributed by atoms with Crippen molar-refractivity contribution < 1.29 is 22.7 Å². The van der Waals surface area contributed by atoms with Gasteiger partial charge in [-0.15, -0.1) is 6.58 Å². The van der Waals surface area contributed by atoms with Gasteiger partial charge in [-0.2, -0.15) is 18.3 Å². The van der Waals surface area contributed by atoms with E-state index in [1.807, 2.05) is 6.92 Å². The summed E-state index contributed by atoms with van der Waals surface area (Å²) in [5.41, 5.74) is 2.12. The number of nitrogens with one attached hydrogen (secondary N) is 1. The zero-order chi connectivity index (χ0) is 20.9. The molecule has 1 N–H and O–H groups in total.